The van der Waals surface area contributed by atoms with Gasteiger partial charge in [-0.2, -0.15) is 5.26 Å². The maximum Gasteiger partial charge on any atom is 0.277 e. The molecule has 0 aliphatic carbocycles. The molecule has 0 spiro atoms. The van der Waals surface area contributed by atoms with E-state index < -0.39 is 0 Å². The first-order valence-electron chi connectivity index (χ1n) is 5.44. The second-order valence-corrected chi connectivity index (χ2v) is 4.89. The Labute approximate surface area is 113 Å². The molecule has 0 unspecified atom stereocenters. The van der Waals surface area contributed by atoms with Crippen molar-refractivity contribution in [2.45, 2.75) is 24.0 Å². The van der Waals surface area contributed by atoms with Crippen LogP contribution in [-0.4, -0.2) is 15.4 Å². The van der Waals surface area contributed by atoms with Gasteiger partial charge >= 0.3 is 0 Å². The number of thioether (sulfide) groups is 1. The largest absolute Gasteiger partial charge is 0.484 e. The third kappa shape index (κ3) is 3.96. The number of nitrogens with zero attached hydrogens (tertiary/aromatic N) is 3. The number of hydrogen-bond donors (Lipinski definition) is 0. The molecule has 7 heteroatoms. The summed E-state index contributed by atoms with van der Waals surface area (Å²) in [5.74, 6) is 0.491. The van der Waals surface area contributed by atoms with Gasteiger partial charge < -0.3 is 9.15 Å². The Morgan fingerprint density at radius 1 is 1.42 bits per heavy atom. The van der Waals surface area contributed by atoms with E-state index in [0.717, 1.165) is 0 Å². The highest BCUT2D eigenvalue weighted by Gasteiger charge is 2.11. The molecule has 0 aliphatic rings. The quantitative estimate of drug-likeness (QED) is 0.784. The van der Waals surface area contributed by atoms with Crippen molar-refractivity contribution in [1.82, 2.24) is 10.2 Å². The van der Waals surface area contributed by atoms with Crippen molar-refractivity contribution in [2.24, 2.45) is 0 Å². The van der Waals surface area contributed by atoms with E-state index in [2.05, 4.69) is 16.3 Å². The van der Waals surface area contributed by atoms with E-state index in [-0.39, 0.29) is 17.7 Å². The third-order valence-corrected chi connectivity index (χ3v) is 2.91. The van der Waals surface area contributed by atoms with Crippen molar-refractivity contribution in [3.05, 3.63) is 36.0 Å². The molecular formula is C12H10FN3O2S. The number of rotatable bonds is 5. The molecule has 2 aromatic rings. The molecule has 1 aromatic carbocycles. The Kier molecular flexibility index (Phi) is 4.36. The smallest absolute Gasteiger partial charge is 0.277 e. The van der Waals surface area contributed by atoms with Gasteiger partial charge in [-0.1, -0.05) is 0 Å². The van der Waals surface area contributed by atoms with Gasteiger partial charge in [0, 0.05) is 0 Å². The average Bonchev–Trinajstić information content (AvgIpc) is 2.85. The lowest BCUT2D eigenvalue weighted by Crippen LogP contribution is -1.95. The van der Waals surface area contributed by atoms with E-state index in [0.29, 0.717) is 16.9 Å². The molecule has 0 radical (unpaired) electrons. The SMILES string of the molecule is C[C@@H](C#N)Sc1nnc(COc2ccc(F)cc2)o1. The maximum atomic E-state index is 12.7. The fourth-order valence-electron chi connectivity index (χ4n) is 1.20. The van der Waals surface area contributed by atoms with Crippen molar-refractivity contribution >= 4 is 11.8 Å². The van der Waals surface area contributed by atoms with Gasteiger partial charge in [-0.15, -0.1) is 10.2 Å². The molecule has 2 rings (SSSR count). The molecule has 98 valence electrons. The fraction of sp³-hybridized carbons (Fsp3) is 0.250. The molecule has 1 atom stereocenters. The molecular weight excluding hydrogens is 269 g/mol. The molecule has 0 amide bonds. The summed E-state index contributed by atoms with van der Waals surface area (Å²) in [5.41, 5.74) is 0. The summed E-state index contributed by atoms with van der Waals surface area (Å²) < 4.78 is 23.3. The lowest BCUT2D eigenvalue weighted by molar-refractivity contribution is 0.252. The van der Waals surface area contributed by atoms with E-state index in [1.807, 2.05) is 0 Å². The zero-order valence-corrected chi connectivity index (χ0v) is 10.9. The first-order valence-corrected chi connectivity index (χ1v) is 6.32. The third-order valence-electron chi connectivity index (χ3n) is 2.08. The average molecular weight is 279 g/mol. The molecule has 1 heterocycles. The molecule has 0 fully saturated rings. The van der Waals surface area contributed by atoms with Gasteiger partial charge in [-0.05, 0) is 43.0 Å². The topological polar surface area (TPSA) is 71.9 Å². The van der Waals surface area contributed by atoms with E-state index in [1.54, 1.807) is 6.92 Å². The molecule has 19 heavy (non-hydrogen) atoms. The van der Waals surface area contributed by atoms with Crippen LogP contribution in [0.2, 0.25) is 0 Å². The van der Waals surface area contributed by atoms with E-state index in [9.17, 15) is 4.39 Å². The first kappa shape index (κ1) is 13.4. The second-order valence-electron chi connectivity index (χ2n) is 3.59. The van der Waals surface area contributed by atoms with E-state index in [1.165, 1.54) is 36.0 Å². The van der Waals surface area contributed by atoms with Crippen LogP contribution in [0.3, 0.4) is 0 Å². The Hall–Kier alpha value is -2.07. The molecule has 0 aliphatic heterocycles. The van der Waals surface area contributed by atoms with Crippen molar-refractivity contribution in [2.75, 3.05) is 0 Å². The summed E-state index contributed by atoms with van der Waals surface area (Å²) in [7, 11) is 0. The number of benzene rings is 1. The summed E-state index contributed by atoms with van der Waals surface area (Å²) in [6.45, 7) is 1.84. The fourth-order valence-corrected chi connectivity index (χ4v) is 1.79. The second kappa shape index (κ2) is 6.20. The Bertz CT molecular complexity index is 579. The van der Waals surface area contributed by atoms with Gasteiger partial charge in [0.2, 0.25) is 0 Å². The van der Waals surface area contributed by atoms with Gasteiger partial charge in [0.25, 0.3) is 11.1 Å². The van der Waals surface area contributed by atoms with Crippen LogP contribution in [0.25, 0.3) is 0 Å². The van der Waals surface area contributed by atoms with Gasteiger partial charge in [0.15, 0.2) is 6.61 Å². The molecule has 0 saturated carbocycles. The van der Waals surface area contributed by atoms with Gasteiger partial charge in [0.05, 0.1) is 11.3 Å². The summed E-state index contributed by atoms with van der Waals surface area (Å²) in [4.78, 5) is 0. The number of nitriles is 1. The summed E-state index contributed by atoms with van der Waals surface area (Å²) in [6, 6.07) is 7.69. The van der Waals surface area contributed by atoms with Crippen molar-refractivity contribution in [3.63, 3.8) is 0 Å². The van der Waals surface area contributed by atoms with E-state index in [4.69, 9.17) is 14.4 Å². The van der Waals surface area contributed by atoms with Gasteiger partial charge in [-0.25, -0.2) is 4.39 Å². The molecule has 0 bridgehead atoms. The number of aromatic nitrogens is 2. The highest BCUT2D eigenvalue weighted by atomic mass is 32.2. The lowest BCUT2D eigenvalue weighted by Gasteiger charge is -2.02. The minimum atomic E-state index is -0.325. The maximum absolute atomic E-state index is 12.7. The van der Waals surface area contributed by atoms with Gasteiger partial charge in [-0.3, -0.25) is 0 Å². The molecule has 5 nitrogen and oxygen atoms in total. The number of hydrogen-bond acceptors (Lipinski definition) is 6. The first-order chi connectivity index (χ1) is 9.17. The van der Waals surface area contributed by atoms with Crippen LogP contribution in [0.15, 0.2) is 33.9 Å². The van der Waals surface area contributed by atoms with Crippen molar-refractivity contribution in [1.29, 1.82) is 5.26 Å². The Morgan fingerprint density at radius 2 is 2.16 bits per heavy atom. The van der Waals surface area contributed by atoms with Crippen LogP contribution in [0, 0.1) is 17.1 Å². The van der Waals surface area contributed by atoms with Crippen LogP contribution >= 0.6 is 11.8 Å². The minimum Gasteiger partial charge on any atom is -0.484 e. The number of halogens is 1. The van der Waals surface area contributed by atoms with Crippen LogP contribution in [0.4, 0.5) is 4.39 Å². The highest BCUT2D eigenvalue weighted by molar-refractivity contribution is 7.99. The standard InChI is InChI=1S/C12H10FN3O2S/c1-8(6-14)19-12-16-15-11(18-12)7-17-10-4-2-9(13)3-5-10/h2-5,8H,7H2,1H3/t8-/m0/s1. The summed E-state index contributed by atoms with van der Waals surface area (Å²) >= 11 is 1.18. The van der Waals surface area contributed by atoms with Crippen molar-refractivity contribution < 1.29 is 13.5 Å². The van der Waals surface area contributed by atoms with Crippen molar-refractivity contribution in [3.8, 4) is 11.8 Å². The van der Waals surface area contributed by atoms with Crippen LogP contribution in [0.1, 0.15) is 12.8 Å². The molecule has 0 saturated heterocycles. The Morgan fingerprint density at radius 3 is 2.84 bits per heavy atom. The van der Waals surface area contributed by atoms with Gasteiger partial charge in [0.1, 0.15) is 11.6 Å². The number of ether oxygens (including phenoxy) is 1. The monoisotopic (exact) mass is 279 g/mol. The van der Waals surface area contributed by atoms with Crippen LogP contribution < -0.4 is 4.74 Å². The zero-order chi connectivity index (χ0) is 13.7. The van der Waals surface area contributed by atoms with E-state index >= 15 is 0 Å². The Balaban J connectivity index is 1.90. The minimum absolute atomic E-state index is 0.0973. The summed E-state index contributed by atoms with van der Waals surface area (Å²) in [5, 5.41) is 16.3. The van der Waals surface area contributed by atoms with Crippen LogP contribution in [-0.2, 0) is 6.61 Å². The zero-order valence-electron chi connectivity index (χ0n) is 10.0. The normalized spacial score (nSPS) is 11.8. The predicted molar refractivity (Wildman–Crippen MR) is 66.0 cm³/mol. The summed E-state index contributed by atoms with van der Waals surface area (Å²) in [6.07, 6.45) is 0. The van der Waals surface area contributed by atoms with Crippen LogP contribution in [0.5, 0.6) is 5.75 Å². The molecule has 1 aromatic heterocycles. The molecule has 0 N–H and O–H groups in total. The predicted octanol–water partition coefficient (Wildman–Crippen LogP) is 2.79. The highest BCUT2D eigenvalue weighted by Crippen LogP contribution is 2.21. The lowest BCUT2D eigenvalue weighted by atomic mass is 10.3.